The van der Waals surface area contributed by atoms with E-state index in [1.165, 1.54) is 36.5 Å². The summed E-state index contributed by atoms with van der Waals surface area (Å²) in [6, 6.07) is 9.66. The van der Waals surface area contributed by atoms with Crippen LogP contribution in [0.5, 0.6) is 5.88 Å². The predicted octanol–water partition coefficient (Wildman–Crippen LogP) is 5.32. The second-order valence-corrected chi connectivity index (χ2v) is 16.4. The summed E-state index contributed by atoms with van der Waals surface area (Å²) in [5.41, 5.74) is 0.175. The smallest absolute Gasteiger partial charge is 0.452 e. The first kappa shape index (κ1) is 38.4. The van der Waals surface area contributed by atoms with Crippen molar-refractivity contribution in [2.24, 2.45) is 5.41 Å². The number of ether oxygens (including phenoxy) is 2. The number of anilines is 1. The standard InChI is InChI=1S/C36H43F3N6O7S/c1-21-6-7-24(29(34(4,5)33(47)48)26-10-14-45-30(23(26)3)42-43-32(45)36(37,38)39)18-25(21)19-44-20-35(12-16-51-17-13-35)52-31-27(53(44,49)50)8-9-28(41-31)40-22(2)11-15-46/h6-10,14,18,22,29,46H,11-13,15-17,19-20H2,1-5H3,(H,40,41)(H,47,48). The lowest BCUT2D eigenvalue weighted by Crippen LogP contribution is -2.50. The van der Waals surface area contributed by atoms with Crippen LogP contribution >= 0.6 is 0 Å². The van der Waals surface area contributed by atoms with E-state index in [9.17, 15) is 36.6 Å². The van der Waals surface area contributed by atoms with Crippen molar-refractivity contribution in [3.05, 3.63) is 76.2 Å². The molecule has 1 spiro atoms. The Balaban J connectivity index is 1.43. The number of benzene rings is 1. The Morgan fingerprint density at radius 2 is 1.81 bits per heavy atom. The maximum atomic E-state index is 14.5. The molecule has 17 heteroatoms. The third-order valence-corrected chi connectivity index (χ3v) is 12.1. The number of aromatic nitrogens is 4. The van der Waals surface area contributed by atoms with Gasteiger partial charge < -0.3 is 25.0 Å². The van der Waals surface area contributed by atoms with Gasteiger partial charge in [-0.05, 0) is 87.1 Å². The number of aliphatic hydroxyl groups is 1. The van der Waals surface area contributed by atoms with Crippen molar-refractivity contribution >= 4 is 27.5 Å². The van der Waals surface area contributed by atoms with Crippen LogP contribution in [0.3, 0.4) is 0 Å². The summed E-state index contributed by atoms with van der Waals surface area (Å²) in [5.74, 6) is -2.85. The molecule has 4 aromatic rings. The number of nitrogens with one attached hydrogen (secondary N) is 1. The summed E-state index contributed by atoms with van der Waals surface area (Å²) in [4.78, 5) is 17.3. The summed E-state index contributed by atoms with van der Waals surface area (Å²) in [6.45, 7) is 8.95. The van der Waals surface area contributed by atoms with Gasteiger partial charge in [0.15, 0.2) is 5.65 Å². The number of alkyl halides is 3. The van der Waals surface area contributed by atoms with Crippen LogP contribution in [-0.2, 0) is 32.3 Å². The second kappa shape index (κ2) is 14.2. The molecule has 3 aromatic heterocycles. The molecule has 1 saturated heterocycles. The fraction of sp³-hybridized carbons (Fsp3) is 0.500. The molecule has 53 heavy (non-hydrogen) atoms. The number of aliphatic hydroxyl groups excluding tert-OH is 1. The molecule has 13 nitrogen and oxygen atoms in total. The minimum atomic E-state index is -4.75. The Bertz CT molecular complexity index is 2130. The number of pyridine rings is 2. The summed E-state index contributed by atoms with van der Waals surface area (Å²) in [7, 11) is -4.20. The van der Waals surface area contributed by atoms with Gasteiger partial charge in [-0.1, -0.05) is 18.2 Å². The molecule has 6 rings (SSSR count). The largest absolute Gasteiger partial charge is 0.481 e. The molecule has 0 aliphatic carbocycles. The Labute approximate surface area is 305 Å². The van der Waals surface area contributed by atoms with E-state index in [0.29, 0.717) is 60.5 Å². The van der Waals surface area contributed by atoms with Crippen LogP contribution in [0.1, 0.15) is 79.6 Å². The van der Waals surface area contributed by atoms with Crippen LogP contribution in [0.4, 0.5) is 19.0 Å². The van der Waals surface area contributed by atoms with Gasteiger partial charge in [0.05, 0.1) is 25.2 Å². The zero-order valence-electron chi connectivity index (χ0n) is 30.1. The average molecular weight is 761 g/mol. The summed E-state index contributed by atoms with van der Waals surface area (Å²) >= 11 is 0. The summed E-state index contributed by atoms with van der Waals surface area (Å²) in [6.07, 6.45) is -2.28. The number of carboxylic acid groups (broad SMARTS) is 1. The van der Waals surface area contributed by atoms with Gasteiger partial charge >= 0.3 is 12.1 Å². The van der Waals surface area contributed by atoms with E-state index >= 15 is 0 Å². The maximum Gasteiger partial charge on any atom is 0.452 e. The Hall–Kier alpha value is -4.32. The van der Waals surface area contributed by atoms with Crippen LogP contribution in [0, 0.1) is 19.3 Å². The van der Waals surface area contributed by atoms with Gasteiger partial charge in [-0.3, -0.25) is 9.20 Å². The van der Waals surface area contributed by atoms with E-state index in [-0.39, 0.29) is 42.2 Å². The molecule has 0 saturated carbocycles. The van der Waals surface area contributed by atoms with E-state index in [2.05, 4.69) is 20.5 Å². The number of fused-ring (bicyclic) bond motifs is 2. The van der Waals surface area contributed by atoms with Crippen molar-refractivity contribution in [2.75, 3.05) is 31.7 Å². The first-order valence-corrected chi connectivity index (χ1v) is 18.7. The lowest BCUT2D eigenvalue weighted by molar-refractivity contribution is -0.147. The van der Waals surface area contributed by atoms with E-state index in [1.807, 2.05) is 13.8 Å². The van der Waals surface area contributed by atoms with E-state index in [0.717, 1.165) is 9.96 Å². The monoisotopic (exact) mass is 760 g/mol. The van der Waals surface area contributed by atoms with Crippen molar-refractivity contribution in [1.29, 1.82) is 0 Å². The number of rotatable bonds is 10. The number of sulfonamides is 1. The molecule has 2 aliphatic heterocycles. The Morgan fingerprint density at radius 3 is 2.47 bits per heavy atom. The third kappa shape index (κ3) is 7.31. The molecule has 1 aromatic carbocycles. The number of aliphatic carboxylic acids is 1. The number of nitrogens with zero attached hydrogens (tertiary/aromatic N) is 5. The highest BCUT2D eigenvalue weighted by molar-refractivity contribution is 7.89. The van der Waals surface area contributed by atoms with Crippen LogP contribution in [-0.4, -0.2) is 86.5 Å². The zero-order chi connectivity index (χ0) is 38.5. The lowest BCUT2D eigenvalue weighted by atomic mass is 9.70. The van der Waals surface area contributed by atoms with Gasteiger partial charge in [0.1, 0.15) is 16.3 Å². The van der Waals surface area contributed by atoms with Crippen LogP contribution in [0.15, 0.2) is 47.5 Å². The average Bonchev–Trinajstić information content (AvgIpc) is 3.50. The van der Waals surface area contributed by atoms with Crippen molar-refractivity contribution in [1.82, 2.24) is 23.9 Å². The number of carboxylic acids is 1. The van der Waals surface area contributed by atoms with Gasteiger partial charge in [0, 0.05) is 44.1 Å². The molecule has 3 N–H and O–H groups in total. The number of aryl methyl sites for hydroxylation is 2. The molecule has 5 heterocycles. The van der Waals surface area contributed by atoms with Crippen LogP contribution in [0.2, 0.25) is 0 Å². The van der Waals surface area contributed by atoms with Crippen molar-refractivity contribution in [3.8, 4) is 5.88 Å². The quantitative estimate of drug-likeness (QED) is 0.191. The number of hydrogen-bond donors (Lipinski definition) is 3. The lowest BCUT2D eigenvalue weighted by Gasteiger charge is -2.38. The van der Waals surface area contributed by atoms with Crippen molar-refractivity contribution in [3.63, 3.8) is 0 Å². The van der Waals surface area contributed by atoms with Crippen molar-refractivity contribution < 1.29 is 46.1 Å². The molecular weight excluding hydrogens is 717 g/mol. The fourth-order valence-electron chi connectivity index (χ4n) is 7.17. The highest BCUT2D eigenvalue weighted by Gasteiger charge is 2.46. The zero-order valence-corrected chi connectivity index (χ0v) is 30.9. The van der Waals surface area contributed by atoms with Gasteiger partial charge in [-0.15, -0.1) is 10.2 Å². The van der Waals surface area contributed by atoms with E-state index < -0.39 is 44.9 Å². The van der Waals surface area contributed by atoms with E-state index in [1.54, 1.807) is 31.2 Å². The first-order chi connectivity index (χ1) is 24.9. The summed E-state index contributed by atoms with van der Waals surface area (Å²) < 4.78 is 84.3. The molecule has 2 atom stereocenters. The Morgan fingerprint density at radius 1 is 1.09 bits per heavy atom. The first-order valence-electron chi connectivity index (χ1n) is 17.3. The highest BCUT2D eigenvalue weighted by atomic mass is 32.2. The fourth-order valence-corrected chi connectivity index (χ4v) is 8.71. The number of carbonyl (C=O) groups is 1. The minimum Gasteiger partial charge on any atom is -0.481 e. The number of halogens is 3. The number of hydrogen-bond acceptors (Lipinski definition) is 10. The highest BCUT2D eigenvalue weighted by Crippen LogP contribution is 2.45. The van der Waals surface area contributed by atoms with Crippen molar-refractivity contribution in [2.45, 2.75) is 89.1 Å². The third-order valence-electron chi connectivity index (χ3n) is 10.3. The molecule has 0 amide bonds. The molecule has 1 fully saturated rings. The minimum absolute atomic E-state index is 0.00333. The van der Waals surface area contributed by atoms with Crippen LogP contribution in [0.25, 0.3) is 5.65 Å². The molecular formula is C36H43F3N6O7S. The topological polar surface area (TPSA) is 168 Å². The molecule has 0 bridgehead atoms. The van der Waals surface area contributed by atoms with Gasteiger partial charge in [0.25, 0.3) is 0 Å². The van der Waals surface area contributed by atoms with Gasteiger partial charge in [-0.25, -0.2) is 8.42 Å². The SMILES string of the molecule is Cc1ccc(C(c2ccn3c(C(F)(F)F)nnc3c2C)C(C)(C)C(=O)O)cc1CN1CC2(CCOCC2)Oc2nc(NC(C)CCO)ccc2S1(=O)=O. The molecule has 2 aliphatic rings. The molecule has 286 valence electrons. The van der Waals surface area contributed by atoms with Gasteiger partial charge in [0.2, 0.25) is 21.7 Å². The van der Waals surface area contributed by atoms with Gasteiger partial charge in [-0.2, -0.15) is 22.5 Å². The normalized spacial score (nSPS) is 18.6. The summed E-state index contributed by atoms with van der Waals surface area (Å²) in [5, 5.41) is 30.1. The van der Waals surface area contributed by atoms with E-state index in [4.69, 9.17) is 9.47 Å². The predicted molar refractivity (Wildman–Crippen MR) is 187 cm³/mol. The molecule has 0 radical (unpaired) electrons. The molecule has 2 unspecified atom stereocenters. The second-order valence-electron chi connectivity index (χ2n) is 14.5. The van der Waals surface area contributed by atoms with Crippen LogP contribution < -0.4 is 10.1 Å². The maximum absolute atomic E-state index is 14.5. The Kier molecular flexibility index (Phi) is 10.3.